The summed E-state index contributed by atoms with van der Waals surface area (Å²) in [6.45, 7) is 26.3. The second-order valence-electron chi connectivity index (χ2n) is 18.4. The van der Waals surface area contributed by atoms with E-state index in [1.165, 1.54) is 63.5 Å². The molecule has 2 saturated carbocycles. The van der Waals surface area contributed by atoms with Crippen molar-refractivity contribution >= 4 is 14.9 Å². The minimum Gasteiger partial charge on any atom is -0.412 e. The van der Waals surface area contributed by atoms with Crippen molar-refractivity contribution in [1.82, 2.24) is 15.2 Å². The first-order chi connectivity index (χ1) is 22.7. The fraction of sp³-hybridized carbons (Fsp3) is 0.810. The van der Waals surface area contributed by atoms with E-state index < -0.39 is 9.04 Å². The SMILES string of the molecule is CC1=C(CCC(=O)NCC2CCN(CCCc3ccccn3)CC2)[C@@H]2CC[C@H]3C(C)(C)[C@@H](O[Si](C(C)C)C(C)(C)C)CC[C@]3(C)[C@H]2CC1. The quantitative estimate of drug-likeness (QED) is 0.177. The molecule has 0 spiro atoms. The van der Waals surface area contributed by atoms with Crippen molar-refractivity contribution in [3.63, 3.8) is 0 Å². The number of allylic oxidation sites excluding steroid dienone is 2. The van der Waals surface area contributed by atoms with Crippen molar-refractivity contribution in [2.75, 3.05) is 26.2 Å². The summed E-state index contributed by atoms with van der Waals surface area (Å²) in [4.78, 5) is 20.3. The third-order valence-corrected chi connectivity index (χ3v) is 16.5. The lowest BCUT2D eigenvalue weighted by molar-refractivity contribution is -0.144. The number of amides is 1. The highest BCUT2D eigenvalue weighted by atomic mass is 28.3. The number of hydrogen-bond donors (Lipinski definition) is 1. The molecule has 1 saturated heterocycles. The van der Waals surface area contributed by atoms with Crippen molar-refractivity contribution in [2.24, 2.45) is 34.5 Å². The van der Waals surface area contributed by atoms with Crippen LogP contribution in [0.5, 0.6) is 0 Å². The van der Waals surface area contributed by atoms with Crippen molar-refractivity contribution in [3.05, 3.63) is 41.2 Å². The zero-order valence-corrected chi connectivity index (χ0v) is 33.3. The average molecular weight is 677 g/mol. The molecule has 48 heavy (non-hydrogen) atoms. The van der Waals surface area contributed by atoms with Gasteiger partial charge in [0, 0.05) is 24.9 Å². The lowest BCUT2D eigenvalue weighted by atomic mass is 9.43. The van der Waals surface area contributed by atoms with Gasteiger partial charge in [0.25, 0.3) is 0 Å². The molecule has 5 rings (SSSR count). The molecule has 2 heterocycles. The van der Waals surface area contributed by atoms with Gasteiger partial charge in [0.15, 0.2) is 0 Å². The third-order valence-electron chi connectivity index (χ3n) is 13.5. The van der Waals surface area contributed by atoms with Gasteiger partial charge in [0.2, 0.25) is 14.9 Å². The smallest absolute Gasteiger partial charge is 0.220 e. The van der Waals surface area contributed by atoms with Crippen LogP contribution in [0, 0.1) is 34.5 Å². The van der Waals surface area contributed by atoms with Crippen LogP contribution in [0.2, 0.25) is 10.6 Å². The van der Waals surface area contributed by atoms with Gasteiger partial charge in [-0.3, -0.25) is 9.78 Å². The van der Waals surface area contributed by atoms with Crippen LogP contribution in [-0.4, -0.2) is 57.1 Å². The molecule has 3 fully saturated rings. The number of carbonyl (C=O) groups excluding carboxylic acids is 1. The Balaban J connectivity index is 1.09. The summed E-state index contributed by atoms with van der Waals surface area (Å²) in [7, 11) is -0.933. The summed E-state index contributed by atoms with van der Waals surface area (Å²) >= 11 is 0. The number of aryl methyl sites for hydroxylation is 1. The summed E-state index contributed by atoms with van der Waals surface area (Å²) in [5, 5.41) is 3.61. The molecule has 4 aliphatic rings. The topological polar surface area (TPSA) is 54.5 Å². The molecule has 1 amide bonds. The van der Waals surface area contributed by atoms with Gasteiger partial charge in [-0.25, -0.2) is 0 Å². The Morgan fingerprint density at radius 2 is 1.81 bits per heavy atom. The van der Waals surface area contributed by atoms with Crippen LogP contribution < -0.4 is 5.32 Å². The molecule has 6 heteroatoms. The monoisotopic (exact) mass is 677 g/mol. The molecule has 0 bridgehead atoms. The molecule has 0 unspecified atom stereocenters. The van der Waals surface area contributed by atoms with E-state index in [-0.39, 0.29) is 16.4 Å². The van der Waals surface area contributed by atoms with E-state index in [4.69, 9.17) is 4.43 Å². The van der Waals surface area contributed by atoms with Gasteiger partial charge >= 0.3 is 0 Å². The van der Waals surface area contributed by atoms with Gasteiger partial charge in [0.05, 0.1) is 6.10 Å². The standard InChI is InChI=1S/C42H70N3O2Si/c1-30(2)48(40(4,5)6)47-38-21-24-42(9)36-18-15-31(3)34(35(36)16-19-37(42)41(38,7)8)17-20-39(46)44-29-32-22-27-45(28-23-32)26-12-14-33-13-10-11-25-43-33/h10-11,13,25,30,32,35-38H,12,14-24,26-29H2,1-9H3,(H,44,46)/t35-,36-,37-,38-,42+/m0/s1. The Morgan fingerprint density at radius 1 is 1.06 bits per heavy atom. The zero-order valence-electron chi connectivity index (χ0n) is 32.3. The zero-order chi connectivity index (χ0) is 34.7. The number of rotatable bonds is 12. The predicted molar refractivity (Wildman–Crippen MR) is 202 cm³/mol. The number of carbonyl (C=O) groups is 1. The normalized spacial score (nSPS) is 30.0. The number of aromatic nitrogens is 1. The number of pyridine rings is 1. The first-order valence-electron chi connectivity index (χ1n) is 19.8. The van der Waals surface area contributed by atoms with Crippen molar-refractivity contribution in [3.8, 4) is 0 Å². The van der Waals surface area contributed by atoms with Crippen molar-refractivity contribution < 1.29 is 9.22 Å². The van der Waals surface area contributed by atoms with Crippen LogP contribution in [-0.2, 0) is 15.6 Å². The Bertz CT molecular complexity index is 1230. The number of piperidine rings is 1. The van der Waals surface area contributed by atoms with Crippen LogP contribution in [0.4, 0.5) is 0 Å². The number of hydrogen-bond acceptors (Lipinski definition) is 4. The number of likely N-dealkylation sites (tertiary alicyclic amines) is 1. The maximum Gasteiger partial charge on any atom is 0.220 e. The lowest BCUT2D eigenvalue weighted by Crippen LogP contribution is -2.58. The number of nitrogens with one attached hydrogen (secondary N) is 1. The second-order valence-corrected chi connectivity index (χ2v) is 22.1. The number of fused-ring (bicyclic) bond motifs is 3. The summed E-state index contributed by atoms with van der Waals surface area (Å²) in [5.74, 6) is 2.98. The maximum atomic E-state index is 13.2. The van der Waals surface area contributed by atoms with Crippen LogP contribution in [0.15, 0.2) is 35.5 Å². The molecule has 1 aromatic heterocycles. The van der Waals surface area contributed by atoms with Crippen LogP contribution in [0.1, 0.15) is 139 Å². The van der Waals surface area contributed by atoms with E-state index in [0.29, 0.717) is 41.2 Å². The second kappa shape index (κ2) is 15.8. The predicted octanol–water partition coefficient (Wildman–Crippen LogP) is 9.79. The molecular weight excluding hydrogens is 607 g/mol. The largest absolute Gasteiger partial charge is 0.412 e. The van der Waals surface area contributed by atoms with E-state index in [0.717, 1.165) is 44.9 Å². The lowest BCUT2D eigenvalue weighted by Gasteiger charge is -2.63. The summed E-state index contributed by atoms with van der Waals surface area (Å²) < 4.78 is 7.21. The Hall–Kier alpha value is -1.50. The molecule has 1 radical (unpaired) electrons. The highest BCUT2D eigenvalue weighted by molar-refractivity contribution is 6.56. The summed E-state index contributed by atoms with van der Waals surface area (Å²) in [5.41, 5.74) is 5.61. The molecule has 5 atom stereocenters. The van der Waals surface area contributed by atoms with E-state index in [1.807, 2.05) is 12.3 Å². The molecule has 0 aromatic carbocycles. The van der Waals surface area contributed by atoms with Crippen LogP contribution in [0.3, 0.4) is 0 Å². The minimum atomic E-state index is -0.933. The fourth-order valence-corrected chi connectivity index (χ4v) is 14.1. The van der Waals surface area contributed by atoms with Gasteiger partial charge in [-0.1, -0.05) is 72.6 Å². The first-order valence-corrected chi connectivity index (χ1v) is 21.3. The molecule has 1 aromatic rings. The average Bonchev–Trinajstić information content (AvgIpc) is 3.03. The van der Waals surface area contributed by atoms with Crippen LogP contribution >= 0.6 is 0 Å². The Kier molecular flexibility index (Phi) is 12.4. The van der Waals surface area contributed by atoms with Crippen LogP contribution in [0.25, 0.3) is 0 Å². The van der Waals surface area contributed by atoms with Gasteiger partial charge in [0.1, 0.15) is 0 Å². The van der Waals surface area contributed by atoms with Gasteiger partial charge in [-0.2, -0.15) is 0 Å². The van der Waals surface area contributed by atoms with Crippen molar-refractivity contribution in [2.45, 2.75) is 156 Å². The highest BCUT2D eigenvalue weighted by Gasteiger charge is 2.59. The Labute approximate surface area is 296 Å². The fourth-order valence-electron chi connectivity index (χ4n) is 11.0. The minimum absolute atomic E-state index is 0.195. The van der Waals surface area contributed by atoms with Gasteiger partial charge in [-0.15, -0.1) is 0 Å². The maximum absolute atomic E-state index is 13.2. The van der Waals surface area contributed by atoms with E-state index in [1.54, 1.807) is 11.1 Å². The highest BCUT2D eigenvalue weighted by Crippen LogP contribution is 2.65. The molecule has 5 nitrogen and oxygen atoms in total. The molecule has 269 valence electrons. The van der Waals surface area contributed by atoms with Gasteiger partial charge < -0.3 is 14.6 Å². The molecule has 3 aliphatic carbocycles. The van der Waals surface area contributed by atoms with E-state index in [2.05, 4.69) is 89.6 Å². The van der Waals surface area contributed by atoms with E-state index >= 15 is 0 Å². The summed E-state index contributed by atoms with van der Waals surface area (Å²) in [6.07, 6.45) is 16.1. The Morgan fingerprint density at radius 3 is 2.48 bits per heavy atom. The van der Waals surface area contributed by atoms with Crippen molar-refractivity contribution in [1.29, 1.82) is 0 Å². The van der Waals surface area contributed by atoms with Gasteiger partial charge in [-0.05, 0) is 154 Å². The third kappa shape index (κ3) is 8.68. The molecular formula is C42H70N3O2Si. The molecule has 1 N–H and O–H groups in total. The summed E-state index contributed by atoms with van der Waals surface area (Å²) in [6, 6.07) is 6.19. The van der Waals surface area contributed by atoms with E-state index in [9.17, 15) is 4.79 Å². The molecule has 1 aliphatic heterocycles. The first kappa shape index (κ1) is 37.7. The number of nitrogens with zero attached hydrogens (tertiary/aromatic N) is 2.